The summed E-state index contributed by atoms with van der Waals surface area (Å²) >= 11 is 2.17. The average molecular weight is 235 g/mol. The Balaban J connectivity index is 2.66. The summed E-state index contributed by atoms with van der Waals surface area (Å²) in [6, 6.07) is 3.59. The van der Waals surface area contributed by atoms with E-state index in [4.69, 9.17) is 0 Å². The molecule has 1 aromatic heterocycles. The van der Waals surface area contributed by atoms with Gasteiger partial charge in [0.15, 0.2) is 0 Å². The Morgan fingerprint density at radius 2 is 2.36 bits per heavy atom. The first-order valence-corrected chi connectivity index (χ1v) is 5.25. The zero-order valence-electron chi connectivity index (χ0n) is 5.87. The molecule has 0 amide bonds. The molecule has 0 spiro atoms. The number of rotatable bonds is 2. The molecule has 1 unspecified atom stereocenters. The van der Waals surface area contributed by atoms with Gasteiger partial charge in [-0.25, -0.2) is 9.71 Å². The van der Waals surface area contributed by atoms with E-state index in [1.165, 1.54) is 0 Å². The molecule has 0 saturated heterocycles. The first kappa shape index (κ1) is 8.83. The van der Waals surface area contributed by atoms with E-state index < -0.39 is 11.4 Å². The van der Waals surface area contributed by atoms with Crippen LogP contribution < -0.4 is 4.72 Å². The highest BCUT2D eigenvalue weighted by molar-refractivity contribution is 9.10. The molecule has 0 aliphatic carbocycles. The van der Waals surface area contributed by atoms with Gasteiger partial charge >= 0.3 is 0 Å². The van der Waals surface area contributed by atoms with Gasteiger partial charge in [-0.05, 0) is 28.1 Å². The van der Waals surface area contributed by atoms with Gasteiger partial charge in [-0.15, -0.1) is 0 Å². The maximum atomic E-state index is 10.7. The van der Waals surface area contributed by atoms with E-state index in [2.05, 4.69) is 25.6 Å². The Labute approximate surface area is 76.7 Å². The van der Waals surface area contributed by atoms with Crippen LogP contribution in [0.1, 0.15) is 0 Å². The van der Waals surface area contributed by atoms with Crippen molar-refractivity contribution in [3.63, 3.8) is 0 Å². The van der Waals surface area contributed by atoms with Crippen molar-refractivity contribution in [2.45, 2.75) is 0 Å². The monoisotopic (exact) mass is 234 g/mol. The number of nitrogens with zero attached hydrogens (tertiary/aromatic N) is 1. The Hall–Kier alpha value is -0.260. The molecule has 0 saturated carbocycles. The molecule has 0 aliphatic rings. The van der Waals surface area contributed by atoms with Gasteiger partial charge in [0.2, 0.25) is 0 Å². The molecule has 0 radical (unpaired) electrons. The molecule has 11 heavy (non-hydrogen) atoms. The third kappa shape index (κ3) is 3.09. The fourth-order valence-electron chi connectivity index (χ4n) is 0.602. The van der Waals surface area contributed by atoms with Crippen molar-refractivity contribution in [3.8, 4) is 0 Å². The molecule has 0 bridgehead atoms. The van der Waals surface area contributed by atoms with Gasteiger partial charge in [0, 0.05) is 0 Å². The van der Waals surface area contributed by atoms with Gasteiger partial charge in [-0.1, -0.05) is 0 Å². The smallest absolute Gasteiger partial charge is 0.121 e. The number of aromatic nitrogens is 1. The SMILES string of the molecule is C[S+]([O-])Nc1ccc(Br)nc1. The first-order chi connectivity index (χ1) is 5.18. The van der Waals surface area contributed by atoms with Crippen molar-refractivity contribution in [3.05, 3.63) is 22.9 Å². The number of anilines is 1. The van der Waals surface area contributed by atoms with Crippen LogP contribution in [0.25, 0.3) is 0 Å². The van der Waals surface area contributed by atoms with Crippen molar-refractivity contribution in [1.29, 1.82) is 0 Å². The standard InChI is InChI=1S/C6H7BrN2OS/c1-11(10)9-5-2-3-6(7)8-4-5/h2-4,9H,1H3. The van der Waals surface area contributed by atoms with Gasteiger partial charge in [0.25, 0.3) is 0 Å². The van der Waals surface area contributed by atoms with Gasteiger partial charge in [-0.3, -0.25) is 0 Å². The predicted molar refractivity (Wildman–Crippen MR) is 49.6 cm³/mol. The lowest BCUT2D eigenvalue weighted by molar-refractivity contribution is 0.605. The molecule has 0 aromatic carbocycles. The van der Waals surface area contributed by atoms with Crippen LogP contribution in [0.2, 0.25) is 0 Å². The van der Waals surface area contributed by atoms with E-state index >= 15 is 0 Å². The highest BCUT2D eigenvalue weighted by atomic mass is 79.9. The van der Waals surface area contributed by atoms with E-state index in [1.54, 1.807) is 24.6 Å². The number of halogens is 1. The van der Waals surface area contributed by atoms with E-state index in [0.29, 0.717) is 0 Å². The van der Waals surface area contributed by atoms with Crippen LogP contribution >= 0.6 is 15.9 Å². The summed E-state index contributed by atoms with van der Waals surface area (Å²) in [5.74, 6) is 0. The second-order valence-electron chi connectivity index (χ2n) is 1.93. The third-order valence-corrected chi connectivity index (χ3v) is 1.98. The molecule has 1 heterocycles. The number of hydrogen-bond donors (Lipinski definition) is 1. The Bertz CT molecular complexity index is 227. The molecule has 3 nitrogen and oxygen atoms in total. The second-order valence-corrected chi connectivity index (χ2v) is 3.85. The summed E-state index contributed by atoms with van der Waals surface area (Å²) in [6.45, 7) is 0. The lowest BCUT2D eigenvalue weighted by atomic mass is 10.4. The number of pyridine rings is 1. The molecular formula is C6H7BrN2OS. The van der Waals surface area contributed by atoms with E-state index in [0.717, 1.165) is 10.3 Å². The van der Waals surface area contributed by atoms with E-state index in [-0.39, 0.29) is 0 Å². The van der Waals surface area contributed by atoms with E-state index in [1.807, 2.05) is 0 Å². The lowest BCUT2D eigenvalue weighted by Crippen LogP contribution is -2.09. The largest absolute Gasteiger partial charge is 0.593 e. The van der Waals surface area contributed by atoms with Crippen LogP contribution in [-0.2, 0) is 11.4 Å². The van der Waals surface area contributed by atoms with Crippen LogP contribution in [0.3, 0.4) is 0 Å². The lowest BCUT2D eigenvalue weighted by Gasteiger charge is -2.05. The molecule has 0 aliphatic heterocycles. The molecule has 1 aromatic rings. The first-order valence-electron chi connectivity index (χ1n) is 2.90. The highest BCUT2D eigenvalue weighted by Gasteiger charge is 1.97. The minimum absolute atomic E-state index is 0.758. The fraction of sp³-hybridized carbons (Fsp3) is 0.167. The zero-order valence-corrected chi connectivity index (χ0v) is 8.28. The molecule has 60 valence electrons. The van der Waals surface area contributed by atoms with Crippen molar-refractivity contribution < 1.29 is 4.55 Å². The van der Waals surface area contributed by atoms with Gasteiger partial charge < -0.3 is 4.55 Å². The van der Waals surface area contributed by atoms with Gasteiger partial charge in [0.1, 0.15) is 16.5 Å². The minimum atomic E-state index is -1.03. The highest BCUT2D eigenvalue weighted by Crippen LogP contribution is 2.10. The summed E-state index contributed by atoms with van der Waals surface area (Å²) in [5, 5.41) is 0. The van der Waals surface area contributed by atoms with Gasteiger partial charge in [-0.2, -0.15) is 0 Å². The zero-order chi connectivity index (χ0) is 8.27. The van der Waals surface area contributed by atoms with Crippen molar-refractivity contribution in [2.75, 3.05) is 11.0 Å². The van der Waals surface area contributed by atoms with Crippen molar-refractivity contribution in [1.82, 2.24) is 4.98 Å². The quantitative estimate of drug-likeness (QED) is 0.624. The summed E-state index contributed by atoms with van der Waals surface area (Å²) in [7, 11) is 0. The van der Waals surface area contributed by atoms with Crippen molar-refractivity contribution in [2.24, 2.45) is 0 Å². The maximum Gasteiger partial charge on any atom is 0.121 e. The van der Waals surface area contributed by atoms with Crippen LogP contribution in [-0.4, -0.2) is 15.8 Å². The molecule has 5 heteroatoms. The Morgan fingerprint density at radius 3 is 2.82 bits per heavy atom. The molecule has 1 rings (SSSR count). The summed E-state index contributed by atoms with van der Waals surface area (Å²) in [5.41, 5.74) is 0.758. The van der Waals surface area contributed by atoms with Crippen molar-refractivity contribution >= 4 is 33.0 Å². The Morgan fingerprint density at radius 1 is 1.64 bits per heavy atom. The van der Waals surface area contributed by atoms with Crippen LogP contribution in [0.4, 0.5) is 5.69 Å². The topological polar surface area (TPSA) is 48.0 Å². The summed E-state index contributed by atoms with van der Waals surface area (Å²) < 4.78 is 14.1. The minimum Gasteiger partial charge on any atom is -0.593 e. The predicted octanol–water partition coefficient (Wildman–Crippen LogP) is 1.55. The van der Waals surface area contributed by atoms with E-state index in [9.17, 15) is 4.55 Å². The fourth-order valence-corrected chi connectivity index (χ4v) is 1.29. The summed E-state index contributed by atoms with van der Waals surface area (Å²) in [4.78, 5) is 3.95. The third-order valence-electron chi connectivity index (χ3n) is 0.989. The summed E-state index contributed by atoms with van der Waals surface area (Å²) in [6.07, 6.45) is 3.19. The van der Waals surface area contributed by atoms with Crippen LogP contribution in [0.15, 0.2) is 22.9 Å². The Kier molecular flexibility index (Phi) is 3.16. The normalized spacial score (nSPS) is 12.6. The number of nitrogens with one attached hydrogen (secondary N) is 1. The molecule has 0 fully saturated rings. The maximum absolute atomic E-state index is 10.7. The van der Waals surface area contributed by atoms with Crippen LogP contribution in [0, 0.1) is 0 Å². The number of hydrogen-bond acceptors (Lipinski definition) is 3. The average Bonchev–Trinajstić information content (AvgIpc) is 1.93. The molecule has 1 N–H and O–H groups in total. The second kappa shape index (κ2) is 3.94. The molecule has 1 atom stereocenters. The molecular weight excluding hydrogens is 228 g/mol. The van der Waals surface area contributed by atoms with Crippen LogP contribution in [0.5, 0.6) is 0 Å². The van der Waals surface area contributed by atoms with Gasteiger partial charge in [0.05, 0.1) is 17.6 Å².